The quantitative estimate of drug-likeness (QED) is 0.727. The number of pyridine rings is 1. The molecule has 0 aliphatic carbocycles. The molecular weight excluding hydrogens is 207 g/mol. The monoisotopic (exact) mass is 211 g/mol. The summed E-state index contributed by atoms with van der Waals surface area (Å²) in [6.45, 7) is 0. The zero-order valence-corrected chi connectivity index (χ0v) is 7.26. The highest BCUT2D eigenvalue weighted by Crippen LogP contribution is 2.30. The third kappa shape index (κ3) is 1.52. The molecule has 2 aromatic rings. The maximum atomic E-state index is 12.3. The molecule has 6 heteroatoms. The number of aromatic amines is 1. The van der Waals surface area contributed by atoms with E-state index < -0.39 is 11.7 Å². The van der Waals surface area contributed by atoms with E-state index in [-0.39, 0.29) is 16.6 Å². The zero-order valence-electron chi connectivity index (χ0n) is 7.26. The van der Waals surface area contributed by atoms with Crippen LogP contribution in [0.2, 0.25) is 0 Å². The smallest absolute Gasteiger partial charge is 0.345 e. The molecule has 15 heavy (non-hydrogen) atoms. The Kier molecular flexibility index (Phi) is 1.89. The van der Waals surface area contributed by atoms with Crippen LogP contribution >= 0.6 is 0 Å². The first-order chi connectivity index (χ1) is 7.02. The minimum absolute atomic E-state index is 0.156. The molecule has 0 aliphatic rings. The van der Waals surface area contributed by atoms with Crippen molar-refractivity contribution in [2.24, 2.45) is 0 Å². The van der Waals surface area contributed by atoms with Crippen LogP contribution in [0, 0.1) is 11.3 Å². The van der Waals surface area contributed by atoms with Gasteiger partial charge in [-0.15, -0.1) is 0 Å². The molecule has 2 rings (SSSR count). The number of nitrogens with zero attached hydrogens (tertiary/aromatic N) is 2. The second-order valence-electron chi connectivity index (χ2n) is 2.93. The molecule has 3 nitrogen and oxygen atoms in total. The highest BCUT2D eigenvalue weighted by atomic mass is 19.4. The van der Waals surface area contributed by atoms with Crippen molar-refractivity contribution < 1.29 is 13.2 Å². The van der Waals surface area contributed by atoms with E-state index in [0.717, 1.165) is 12.3 Å². The lowest BCUT2D eigenvalue weighted by Crippen LogP contribution is -2.05. The van der Waals surface area contributed by atoms with Crippen molar-refractivity contribution >= 4 is 11.0 Å². The van der Waals surface area contributed by atoms with Crippen molar-refractivity contribution in [1.82, 2.24) is 9.97 Å². The first kappa shape index (κ1) is 9.52. The Labute approximate surface area is 82.2 Å². The normalized spacial score (nSPS) is 11.6. The minimum atomic E-state index is -4.44. The summed E-state index contributed by atoms with van der Waals surface area (Å²) in [7, 11) is 0. The van der Waals surface area contributed by atoms with Gasteiger partial charge in [-0.1, -0.05) is 0 Å². The Morgan fingerprint density at radius 3 is 2.73 bits per heavy atom. The summed E-state index contributed by atoms with van der Waals surface area (Å²) >= 11 is 0. The number of halogens is 3. The van der Waals surface area contributed by atoms with E-state index in [4.69, 9.17) is 5.26 Å². The zero-order chi connectivity index (χ0) is 11.1. The van der Waals surface area contributed by atoms with Crippen molar-refractivity contribution in [3.05, 3.63) is 29.6 Å². The number of aromatic nitrogens is 2. The van der Waals surface area contributed by atoms with E-state index in [0.29, 0.717) is 0 Å². The maximum absolute atomic E-state index is 12.3. The van der Waals surface area contributed by atoms with E-state index in [1.165, 1.54) is 6.20 Å². The van der Waals surface area contributed by atoms with Gasteiger partial charge < -0.3 is 4.98 Å². The van der Waals surface area contributed by atoms with Crippen molar-refractivity contribution in [2.75, 3.05) is 0 Å². The largest absolute Gasteiger partial charge is 0.417 e. The van der Waals surface area contributed by atoms with Crippen LogP contribution in [0.4, 0.5) is 13.2 Å². The number of nitrogens with one attached hydrogen (secondary N) is 1. The molecule has 0 aliphatic heterocycles. The number of rotatable bonds is 0. The predicted molar refractivity (Wildman–Crippen MR) is 45.8 cm³/mol. The van der Waals surface area contributed by atoms with Crippen molar-refractivity contribution in [2.45, 2.75) is 6.18 Å². The number of fused-ring (bicyclic) bond motifs is 1. The highest BCUT2D eigenvalue weighted by Gasteiger charge is 2.31. The molecule has 76 valence electrons. The molecule has 1 N–H and O–H groups in total. The fourth-order valence-electron chi connectivity index (χ4n) is 1.25. The Hall–Kier alpha value is -2.03. The van der Waals surface area contributed by atoms with Gasteiger partial charge in [0, 0.05) is 17.8 Å². The third-order valence-corrected chi connectivity index (χ3v) is 1.98. The molecule has 0 saturated heterocycles. The number of H-pyrrole nitrogens is 1. The molecule has 0 amide bonds. The van der Waals surface area contributed by atoms with Gasteiger partial charge in [0.05, 0.1) is 11.1 Å². The van der Waals surface area contributed by atoms with E-state index in [1.807, 2.05) is 0 Å². The molecule has 0 atom stereocenters. The summed E-state index contributed by atoms with van der Waals surface area (Å²) < 4.78 is 37.0. The number of alkyl halides is 3. The summed E-state index contributed by atoms with van der Waals surface area (Å²) in [4.78, 5) is 6.21. The second kappa shape index (κ2) is 2.98. The van der Waals surface area contributed by atoms with Gasteiger partial charge in [-0.2, -0.15) is 18.4 Å². The van der Waals surface area contributed by atoms with Crippen molar-refractivity contribution in [3.63, 3.8) is 0 Å². The van der Waals surface area contributed by atoms with Gasteiger partial charge in [0.2, 0.25) is 0 Å². The summed E-state index contributed by atoms with van der Waals surface area (Å²) in [6, 6.07) is 2.70. The van der Waals surface area contributed by atoms with Crippen LogP contribution in [0.1, 0.15) is 11.1 Å². The average Bonchev–Trinajstić information content (AvgIpc) is 2.57. The summed E-state index contributed by atoms with van der Waals surface area (Å²) in [5, 5.41) is 8.83. The third-order valence-electron chi connectivity index (χ3n) is 1.98. The van der Waals surface area contributed by atoms with Crippen LogP contribution in [0.3, 0.4) is 0 Å². The van der Waals surface area contributed by atoms with Gasteiger partial charge in [0.15, 0.2) is 0 Å². The van der Waals surface area contributed by atoms with Gasteiger partial charge in [0.1, 0.15) is 11.7 Å². The Balaban J connectivity index is 2.69. The lowest BCUT2D eigenvalue weighted by atomic mass is 10.2. The molecule has 0 saturated carbocycles. The van der Waals surface area contributed by atoms with Gasteiger partial charge in [0.25, 0.3) is 0 Å². The molecule has 0 radical (unpaired) electrons. The fourth-order valence-corrected chi connectivity index (χ4v) is 1.25. The molecule has 2 aromatic heterocycles. The number of nitriles is 1. The lowest BCUT2D eigenvalue weighted by Gasteiger charge is -2.05. The minimum Gasteiger partial charge on any atom is -0.345 e. The topological polar surface area (TPSA) is 52.5 Å². The molecule has 0 fully saturated rings. The van der Waals surface area contributed by atoms with Crippen LogP contribution in [0.5, 0.6) is 0 Å². The molecule has 0 unspecified atom stereocenters. The molecule has 2 heterocycles. The average molecular weight is 211 g/mol. The van der Waals surface area contributed by atoms with E-state index in [2.05, 4.69) is 9.97 Å². The van der Waals surface area contributed by atoms with Crippen LogP contribution in [0.25, 0.3) is 11.0 Å². The predicted octanol–water partition coefficient (Wildman–Crippen LogP) is 2.45. The summed E-state index contributed by atoms with van der Waals surface area (Å²) in [5.41, 5.74) is -0.422. The van der Waals surface area contributed by atoms with E-state index >= 15 is 0 Å². The Morgan fingerprint density at radius 1 is 1.40 bits per heavy atom. The number of hydrogen-bond acceptors (Lipinski definition) is 2. The van der Waals surface area contributed by atoms with Gasteiger partial charge >= 0.3 is 6.18 Å². The standard InChI is InChI=1S/C9H4F3N3/c10-9(11,12)6-1-7-5(2-13)3-14-8(7)15-4-6/h1,3-4H,(H,14,15). The SMILES string of the molecule is N#Cc1c[nH]c2ncc(C(F)(F)F)cc12. The Morgan fingerprint density at radius 2 is 2.13 bits per heavy atom. The molecule has 0 bridgehead atoms. The fraction of sp³-hybridized carbons (Fsp3) is 0.111. The molecule has 0 spiro atoms. The maximum Gasteiger partial charge on any atom is 0.417 e. The first-order valence-electron chi connectivity index (χ1n) is 3.97. The van der Waals surface area contributed by atoms with Gasteiger partial charge in [-0.3, -0.25) is 0 Å². The van der Waals surface area contributed by atoms with Crippen LogP contribution in [-0.4, -0.2) is 9.97 Å². The van der Waals surface area contributed by atoms with Crippen molar-refractivity contribution in [3.8, 4) is 6.07 Å². The van der Waals surface area contributed by atoms with Crippen LogP contribution in [-0.2, 0) is 6.18 Å². The van der Waals surface area contributed by atoms with Crippen molar-refractivity contribution in [1.29, 1.82) is 5.26 Å². The van der Waals surface area contributed by atoms with Gasteiger partial charge in [-0.05, 0) is 6.07 Å². The van der Waals surface area contributed by atoms with Gasteiger partial charge in [-0.25, -0.2) is 4.98 Å². The first-order valence-corrected chi connectivity index (χ1v) is 3.97. The second-order valence-corrected chi connectivity index (χ2v) is 2.93. The highest BCUT2D eigenvalue weighted by molar-refractivity contribution is 5.82. The lowest BCUT2D eigenvalue weighted by molar-refractivity contribution is -0.137. The molecular formula is C9H4F3N3. The summed E-state index contributed by atoms with van der Waals surface area (Å²) in [5.74, 6) is 0. The summed E-state index contributed by atoms with van der Waals surface area (Å²) in [6.07, 6.45) is -2.37. The van der Waals surface area contributed by atoms with Crippen LogP contribution < -0.4 is 0 Å². The van der Waals surface area contributed by atoms with E-state index in [1.54, 1.807) is 6.07 Å². The molecule has 0 aromatic carbocycles. The number of hydrogen-bond donors (Lipinski definition) is 1. The van der Waals surface area contributed by atoms with E-state index in [9.17, 15) is 13.2 Å². The Bertz CT molecular complexity index is 548. The van der Waals surface area contributed by atoms with Crippen LogP contribution in [0.15, 0.2) is 18.5 Å².